The number of rotatable bonds is 6. The molecule has 112 valence electrons. The second kappa shape index (κ2) is 7.31. The fourth-order valence-electron chi connectivity index (χ4n) is 2.10. The lowest BCUT2D eigenvalue weighted by Gasteiger charge is -2.12. The van der Waals surface area contributed by atoms with Crippen molar-refractivity contribution in [1.29, 1.82) is 0 Å². The zero-order valence-corrected chi connectivity index (χ0v) is 13.0. The van der Waals surface area contributed by atoms with Gasteiger partial charge in [-0.3, -0.25) is 4.79 Å². The zero-order valence-electron chi connectivity index (χ0n) is 12.2. The monoisotopic (exact) mass is 306 g/mol. The number of thiazole rings is 1. The van der Waals surface area contributed by atoms with Gasteiger partial charge in [0.25, 0.3) is 0 Å². The predicted molar refractivity (Wildman–Crippen MR) is 82.8 cm³/mol. The smallest absolute Gasteiger partial charge is 0.223 e. The van der Waals surface area contributed by atoms with E-state index in [4.69, 9.17) is 0 Å². The summed E-state index contributed by atoms with van der Waals surface area (Å²) in [4.78, 5) is 16.4. The molecule has 0 saturated carbocycles. The van der Waals surface area contributed by atoms with Crippen LogP contribution in [0.5, 0.6) is 0 Å². The summed E-state index contributed by atoms with van der Waals surface area (Å²) in [5.74, 6) is -0.556. The van der Waals surface area contributed by atoms with Crippen molar-refractivity contribution >= 4 is 17.2 Å². The van der Waals surface area contributed by atoms with Gasteiger partial charge in [0, 0.05) is 24.3 Å². The van der Waals surface area contributed by atoms with Crippen LogP contribution in [0, 0.1) is 18.7 Å². The summed E-state index contributed by atoms with van der Waals surface area (Å²) in [7, 11) is 0. The van der Waals surface area contributed by atoms with E-state index in [0.717, 1.165) is 17.1 Å². The average Bonchev–Trinajstić information content (AvgIpc) is 2.87. The third kappa shape index (κ3) is 4.63. The van der Waals surface area contributed by atoms with Gasteiger partial charge in [-0.25, -0.2) is 9.37 Å². The molecule has 3 nitrogen and oxygen atoms in total. The van der Waals surface area contributed by atoms with E-state index in [2.05, 4.69) is 10.3 Å². The molecule has 0 spiro atoms. The van der Waals surface area contributed by atoms with Crippen LogP contribution >= 0.6 is 11.3 Å². The molecule has 1 aromatic heterocycles. The first-order chi connectivity index (χ1) is 10.1. The lowest BCUT2D eigenvalue weighted by molar-refractivity contribution is -0.124. The number of nitrogens with zero attached hydrogens (tertiary/aromatic N) is 1. The minimum atomic E-state index is -0.255. The molecule has 0 fully saturated rings. The Morgan fingerprint density at radius 3 is 2.86 bits per heavy atom. The maximum atomic E-state index is 13.6. The van der Waals surface area contributed by atoms with Crippen molar-refractivity contribution in [3.63, 3.8) is 0 Å². The fourth-order valence-corrected chi connectivity index (χ4v) is 2.74. The molecular weight excluding hydrogens is 287 g/mol. The molecule has 1 unspecified atom stereocenters. The van der Waals surface area contributed by atoms with Crippen molar-refractivity contribution in [3.8, 4) is 0 Å². The van der Waals surface area contributed by atoms with E-state index in [1.165, 1.54) is 6.07 Å². The summed E-state index contributed by atoms with van der Waals surface area (Å²) in [5, 5.41) is 5.92. The number of carbonyl (C=O) groups excluding carboxylic acids is 1. The summed E-state index contributed by atoms with van der Waals surface area (Å²) < 4.78 is 13.6. The molecule has 1 N–H and O–H groups in total. The minimum absolute atomic E-state index is 0.0507. The van der Waals surface area contributed by atoms with E-state index in [-0.39, 0.29) is 17.6 Å². The van der Waals surface area contributed by atoms with E-state index >= 15 is 0 Å². The van der Waals surface area contributed by atoms with Gasteiger partial charge in [0.2, 0.25) is 5.91 Å². The van der Waals surface area contributed by atoms with Crippen LogP contribution < -0.4 is 5.32 Å². The Hall–Kier alpha value is -1.75. The third-order valence-electron chi connectivity index (χ3n) is 3.28. The average molecular weight is 306 g/mol. The fraction of sp³-hybridized carbons (Fsp3) is 0.375. The number of carbonyl (C=O) groups is 1. The maximum Gasteiger partial charge on any atom is 0.223 e. The topological polar surface area (TPSA) is 42.0 Å². The summed E-state index contributed by atoms with van der Waals surface area (Å²) in [6.45, 7) is 4.33. The van der Waals surface area contributed by atoms with Crippen molar-refractivity contribution in [1.82, 2.24) is 10.3 Å². The first-order valence-corrected chi connectivity index (χ1v) is 7.86. The van der Waals surface area contributed by atoms with Gasteiger partial charge in [-0.05, 0) is 25.0 Å². The van der Waals surface area contributed by atoms with E-state index < -0.39 is 0 Å². The second-order valence-corrected chi connectivity index (χ2v) is 6.16. The van der Waals surface area contributed by atoms with Gasteiger partial charge in [-0.2, -0.15) is 0 Å². The number of aryl methyl sites for hydroxylation is 1. The summed E-state index contributed by atoms with van der Waals surface area (Å²) in [6, 6.07) is 6.58. The molecule has 1 atom stereocenters. The Kier molecular flexibility index (Phi) is 5.44. The van der Waals surface area contributed by atoms with Crippen molar-refractivity contribution in [3.05, 3.63) is 51.7 Å². The molecule has 0 bridgehead atoms. The van der Waals surface area contributed by atoms with Crippen LogP contribution in [0.15, 0.2) is 29.6 Å². The standard InChI is InChI=1S/C16H19FN2OS/c1-11(9-13-5-3-4-6-15(13)17)16(20)18-8-7-14-10-21-12(2)19-14/h3-6,10-11H,7-9H2,1-2H3,(H,18,20). The highest BCUT2D eigenvalue weighted by Crippen LogP contribution is 2.13. The highest BCUT2D eigenvalue weighted by Gasteiger charge is 2.15. The van der Waals surface area contributed by atoms with Gasteiger partial charge in [0.1, 0.15) is 5.82 Å². The maximum absolute atomic E-state index is 13.6. The van der Waals surface area contributed by atoms with Crippen LogP contribution in [0.4, 0.5) is 4.39 Å². The molecule has 2 rings (SSSR count). The second-order valence-electron chi connectivity index (χ2n) is 5.10. The normalized spacial score (nSPS) is 12.1. The predicted octanol–water partition coefficient (Wildman–Crippen LogP) is 3.13. The van der Waals surface area contributed by atoms with Crippen molar-refractivity contribution in [2.24, 2.45) is 5.92 Å². The number of hydrogen-bond donors (Lipinski definition) is 1. The molecule has 0 aliphatic carbocycles. The summed E-state index contributed by atoms with van der Waals surface area (Å²) in [5.41, 5.74) is 1.58. The van der Waals surface area contributed by atoms with E-state index in [9.17, 15) is 9.18 Å². The Morgan fingerprint density at radius 1 is 1.43 bits per heavy atom. The molecule has 1 heterocycles. The minimum Gasteiger partial charge on any atom is -0.355 e. The molecular formula is C16H19FN2OS. The first kappa shape index (κ1) is 15.6. The Bertz CT molecular complexity index is 612. The van der Waals surface area contributed by atoms with Crippen molar-refractivity contribution < 1.29 is 9.18 Å². The van der Waals surface area contributed by atoms with Gasteiger partial charge < -0.3 is 5.32 Å². The molecule has 2 aromatic rings. The molecule has 0 saturated heterocycles. The van der Waals surface area contributed by atoms with Gasteiger partial charge in [-0.15, -0.1) is 11.3 Å². The van der Waals surface area contributed by atoms with Gasteiger partial charge in [0.15, 0.2) is 0 Å². The van der Waals surface area contributed by atoms with E-state index in [1.54, 1.807) is 29.5 Å². The summed E-state index contributed by atoms with van der Waals surface area (Å²) in [6.07, 6.45) is 1.14. The van der Waals surface area contributed by atoms with Crippen LogP contribution in [0.1, 0.15) is 23.2 Å². The van der Waals surface area contributed by atoms with Gasteiger partial charge in [0.05, 0.1) is 10.7 Å². The number of nitrogens with one attached hydrogen (secondary N) is 1. The van der Waals surface area contributed by atoms with Crippen molar-refractivity contribution in [2.45, 2.75) is 26.7 Å². The Balaban J connectivity index is 1.79. The SMILES string of the molecule is Cc1nc(CCNC(=O)C(C)Cc2ccccc2F)cs1. The largest absolute Gasteiger partial charge is 0.355 e. The first-order valence-electron chi connectivity index (χ1n) is 6.98. The Morgan fingerprint density at radius 2 is 2.19 bits per heavy atom. The van der Waals surface area contributed by atoms with Crippen molar-refractivity contribution in [2.75, 3.05) is 6.54 Å². The summed E-state index contributed by atoms with van der Waals surface area (Å²) >= 11 is 1.61. The molecule has 1 aromatic carbocycles. The molecule has 0 aliphatic heterocycles. The van der Waals surface area contributed by atoms with Crippen LogP contribution in [0.3, 0.4) is 0 Å². The van der Waals surface area contributed by atoms with Crippen LogP contribution in [-0.2, 0) is 17.6 Å². The lowest BCUT2D eigenvalue weighted by atomic mass is 10.00. The Labute approximate surface area is 128 Å². The molecule has 5 heteroatoms. The number of hydrogen-bond acceptors (Lipinski definition) is 3. The number of benzene rings is 1. The number of amides is 1. The zero-order chi connectivity index (χ0) is 15.2. The van der Waals surface area contributed by atoms with E-state index in [1.807, 2.05) is 19.2 Å². The van der Waals surface area contributed by atoms with Crippen LogP contribution in [0.2, 0.25) is 0 Å². The number of aromatic nitrogens is 1. The molecule has 0 aliphatic rings. The molecule has 1 amide bonds. The number of halogens is 1. The lowest BCUT2D eigenvalue weighted by Crippen LogP contribution is -2.32. The van der Waals surface area contributed by atoms with E-state index in [0.29, 0.717) is 18.5 Å². The van der Waals surface area contributed by atoms with Crippen LogP contribution in [0.25, 0.3) is 0 Å². The van der Waals surface area contributed by atoms with Crippen LogP contribution in [-0.4, -0.2) is 17.4 Å². The quantitative estimate of drug-likeness (QED) is 0.891. The van der Waals surface area contributed by atoms with Gasteiger partial charge in [-0.1, -0.05) is 25.1 Å². The van der Waals surface area contributed by atoms with Gasteiger partial charge >= 0.3 is 0 Å². The molecule has 21 heavy (non-hydrogen) atoms. The highest BCUT2D eigenvalue weighted by atomic mass is 32.1. The highest BCUT2D eigenvalue weighted by molar-refractivity contribution is 7.09. The third-order valence-corrected chi connectivity index (χ3v) is 4.10. The molecule has 0 radical (unpaired) electrons.